The SMILES string of the molecule is O=C1NCC2C1CCCN2S(=O)(=O)CCCCl. The fourth-order valence-corrected chi connectivity index (χ4v) is 4.69. The van der Waals surface area contributed by atoms with Crippen LogP contribution in [0.3, 0.4) is 0 Å². The predicted octanol–water partition coefficient (Wildman–Crippen LogP) is 0.155. The molecule has 7 heteroatoms. The van der Waals surface area contributed by atoms with Crippen LogP contribution in [0.2, 0.25) is 0 Å². The molecule has 0 radical (unpaired) electrons. The minimum absolute atomic E-state index is 0.00718. The van der Waals surface area contributed by atoms with E-state index in [4.69, 9.17) is 11.6 Å². The van der Waals surface area contributed by atoms with Crippen molar-refractivity contribution in [2.75, 3.05) is 24.7 Å². The Balaban J connectivity index is 2.12. The Hall–Kier alpha value is -0.330. The number of amides is 1. The van der Waals surface area contributed by atoms with Crippen LogP contribution in [0.25, 0.3) is 0 Å². The molecule has 2 heterocycles. The van der Waals surface area contributed by atoms with Gasteiger partial charge >= 0.3 is 0 Å². The van der Waals surface area contributed by atoms with Crippen LogP contribution in [0.1, 0.15) is 19.3 Å². The van der Waals surface area contributed by atoms with Crippen LogP contribution < -0.4 is 5.32 Å². The van der Waals surface area contributed by atoms with Gasteiger partial charge in [-0.1, -0.05) is 0 Å². The molecule has 2 saturated heterocycles. The van der Waals surface area contributed by atoms with Gasteiger partial charge in [-0.15, -0.1) is 11.6 Å². The zero-order chi connectivity index (χ0) is 12.5. The zero-order valence-electron chi connectivity index (χ0n) is 9.56. The number of fused-ring (bicyclic) bond motifs is 1. The van der Waals surface area contributed by atoms with Crippen molar-refractivity contribution in [3.63, 3.8) is 0 Å². The van der Waals surface area contributed by atoms with Gasteiger partial charge < -0.3 is 5.32 Å². The highest BCUT2D eigenvalue weighted by atomic mass is 35.5. The Labute approximate surface area is 107 Å². The van der Waals surface area contributed by atoms with Gasteiger partial charge in [0.15, 0.2) is 0 Å². The maximum Gasteiger partial charge on any atom is 0.224 e. The number of hydrogen-bond acceptors (Lipinski definition) is 3. The largest absolute Gasteiger partial charge is 0.354 e. The van der Waals surface area contributed by atoms with Crippen LogP contribution in [0.5, 0.6) is 0 Å². The topological polar surface area (TPSA) is 66.5 Å². The molecule has 98 valence electrons. The van der Waals surface area contributed by atoms with Gasteiger partial charge in [-0.2, -0.15) is 4.31 Å². The maximum absolute atomic E-state index is 12.1. The molecule has 1 amide bonds. The number of nitrogens with zero attached hydrogens (tertiary/aromatic N) is 1. The molecule has 2 unspecified atom stereocenters. The van der Waals surface area contributed by atoms with Crippen molar-refractivity contribution in [3.8, 4) is 0 Å². The highest BCUT2D eigenvalue weighted by molar-refractivity contribution is 7.89. The maximum atomic E-state index is 12.1. The van der Waals surface area contributed by atoms with E-state index < -0.39 is 10.0 Å². The number of alkyl halides is 1. The van der Waals surface area contributed by atoms with E-state index >= 15 is 0 Å². The molecular formula is C10H17ClN2O3S. The van der Waals surface area contributed by atoms with Crippen LogP contribution in [0.15, 0.2) is 0 Å². The first kappa shape index (κ1) is 13.1. The van der Waals surface area contributed by atoms with E-state index in [1.807, 2.05) is 0 Å². The first-order chi connectivity index (χ1) is 8.06. The monoisotopic (exact) mass is 280 g/mol. The highest BCUT2D eigenvalue weighted by Gasteiger charge is 2.44. The molecule has 0 aromatic carbocycles. The van der Waals surface area contributed by atoms with Gasteiger partial charge in [0.2, 0.25) is 15.9 Å². The first-order valence-corrected chi connectivity index (χ1v) is 8.04. The molecule has 2 atom stereocenters. The Bertz CT molecular complexity index is 398. The Kier molecular flexibility index (Phi) is 3.95. The van der Waals surface area contributed by atoms with E-state index in [2.05, 4.69) is 5.32 Å². The Morgan fingerprint density at radius 3 is 2.94 bits per heavy atom. The van der Waals surface area contributed by atoms with Crippen LogP contribution in [-0.2, 0) is 14.8 Å². The lowest BCUT2D eigenvalue weighted by atomic mass is 9.93. The summed E-state index contributed by atoms with van der Waals surface area (Å²) in [4.78, 5) is 11.5. The first-order valence-electron chi connectivity index (χ1n) is 5.89. The average molecular weight is 281 g/mol. The third-order valence-corrected chi connectivity index (χ3v) is 5.68. The van der Waals surface area contributed by atoms with Gasteiger partial charge in [-0.05, 0) is 19.3 Å². The molecule has 2 rings (SSSR count). The summed E-state index contributed by atoms with van der Waals surface area (Å²) in [7, 11) is -3.27. The number of rotatable bonds is 4. The summed E-state index contributed by atoms with van der Waals surface area (Å²) in [6.45, 7) is 0.977. The van der Waals surface area contributed by atoms with Crippen molar-refractivity contribution < 1.29 is 13.2 Å². The molecule has 17 heavy (non-hydrogen) atoms. The summed E-state index contributed by atoms with van der Waals surface area (Å²) >= 11 is 5.53. The number of carbonyl (C=O) groups excluding carboxylic acids is 1. The van der Waals surface area contributed by atoms with Crippen LogP contribution in [0.4, 0.5) is 0 Å². The normalized spacial score (nSPS) is 30.1. The van der Waals surface area contributed by atoms with Crippen molar-refractivity contribution in [2.45, 2.75) is 25.3 Å². The minimum atomic E-state index is -3.27. The lowest BCUT2D eigenvalue weighted by molar-refractivity contribution is -0.123. The van der Waals surface area contributed by atoms with E-state index in [0.29, 0.717) is 25.4 Å². The summed E-state index contributed by atoms with van der Waals surface area (Å²) in [6, 6.07) is -0.184. The molecule has 2 aliphatic rings. The molecule has 0 aliphatic carbocycles. The van der Waals surface area contributed by atoms with Gasteiger partial charge in [0, 0.05) is 19.0 Å². The summed E-state index contributed by atoms with van der Waals surface area (Å²) in [5.74, 6) is 0.258. The van der Waals surface area contributed by atoms with Crippen molar-refractivity contribution in [2.24, 2.45) is 5.92 Å². The quantitative estimate of drug-likeness (QED) is 0.746. The number of piperidine rings is 1. The van der Waals surface area contributed by atoms with Crippen molar-refractivity contribution in [1.82, 2.24) is 9.62 Å². The second-order valence-electron chi connectivity index (χ2n) is 4.53. The second-order valence-corrected chi connectivity index (χ2v) is 6.95. The van der Waals surface area contributed by atoms with E-state index in [1.165, 1.54) is 4.31 Å². The summed E-state index contributed by atoms with van der Waals surface area (Å²) in [5, 5.41) is 2.75. The van der Waals surface area contributed by atoms with E-state index in [1.54, 1.807) is 0 Å². The number of sulfonamides is 1. The van der Waals surface area contributed by atoms with E-state index in [0.717, 1.165) is 12.8 Å². The lowest BCUT2D eigenvalue weighted by Gasteiger charge is -2.34. The van der Waals surface area contributed by atoms with Crippen molar-refractivity contribution >= 4 is 27.5 Å². The molecule has 0 bridgehead atoms. The fourth-order valence-electron chi connectivity index (χ4n) is 2.61. The van der Waals surface area contributed by atoms with Gasteiger partial charge in [0.1, 0.15) is 0 Å². The van der Waals surface area contributed by atoms with Crippen LogP contribution in [-0.4, -0.2) is 49.4 Å². The minimum Gasteiger partial charge on any atom is -0.354 e. The molecular weight excluding hydrogens is 264 g/mol. The summed E-state index contributed by atoms with van der Waals surface area (Å²) in [5.41, 5.74) is 0. The van der Waals surface area contributed by atoms with Crippen molar-refractivity contribution in [1.29, 1.82) is 0 Å². The molecule has 2 fully saturated rings. The number of nitrogens with one attached hydrogen (secondary N) is 1. The Morgan fingerprint density at radius 2 is 2.24 bits per heavy atom. The highest BCUT2D eigenvalue weighted by Crippen LogP contribution is 2.29. The zero-order valence-corrected chi connectivity index (χ0v) is 11.1. The third-order valence-electron chi connectivity index (χ3n) is 3.44. The Morgan fingerprint density at radius 1 is 1.47 bits per heavy atom. The molecule has 0 saturated carbocycles. The third kappa shape index (κ3) is 2.58. The van der Waals surface area contributed by atoms with Crippen molar-refractivity contribution in [3.05, 3.63) is 0 Å². The average Bonchev–Trinajstić information content (AvgIpc) is 2.69. The summed E-state index contributed by atoms with van der Waals surface area (Å²) in [6.07, 6.45) is 2.01. The second kappa shape index (κ2) is 5.12. The molecule has 1 N–H and O–H groups in total. The number of hydrogen-bond donors (Lipinski definition) is 1. The number of carbonyl (C=O) groups is 1. The molecule has 0 aromatic rings. The van der Waals surface area contributed by atoms with E-state index in [9.17, 15) is 13.2 Å². The summed E-state index contributed by atoms with van der Waals surface area (Å²) < 4.78 is 25.7. The van der Waals surface area contributed by atoms with E-state index in [-0.39, 0.29) is 23.6 Å². The fraction of sp³-hybridized carbons (Fsp3) is 0.900. The molecule has 2 aliphatic heterocycles. The standard InChI is InChI=1S/C10H17ClN2O3S/c11-4-2-6-17(15,16)13-5-1-3-8-9(13)7-12-10(8)14/h8-9H,1-7H2,(H,12,14). The molecule has 5 nitrogen and oxygen atoms in total. The molecule has 0 aromatic heterocycles. The smallest absolute Gasteiger partial charge is 0.224 e. The van der Waals surface area contributed by atoms with Gasteiger partial charge in [-0.25, -0.2) is 8.42 Å². The van der Waals surface area contributed by atoms with Gasteiger partial charge in [0.25, 0.3) is 0 Å². The van der Waals surface area contributed by atoms with Crippen LogP contribution in [0, 0.1) is 5.92 Å². The molecule has 0 spiro atoms. The number of halogens is 1. The predicted molar refractivity (Wildman–Crippen MR) is 65.4 cm³/mol. The van der Waals surface area contributed by atoms with Gasteiger partial charge in [0.05, 0.1) is 17.7 Å². The van der Waals surface area contributed by atoms with Gasteiger partial charge in [-0.3, -0.25) is 4.79 Å². The van der Waals surface area contributed by atoms with Crippen LogP contribution >= 0.6 is 11.6 Å². The lowest BCUT2D eigenvalue weighted by Crippen LogP contribution is -2.49.